The van der Waals surface area contributed by atoms with Gasteiger partial charge in [0.25, 0.3) is 11.8 Å². The Hall–Kier alpha value is -4.91. The standard InChI is InChI=1S/C29H25FN8O3S/c1-41-24-15-31-23(14-32-24)26(40)36-22-9-5-8-19(10-22)29-17-38(27-33-12-21(30)13-34-27)16-20(29)11-35-28(42-29)37-25(39)18-6-3-2-4-7-18/h2-10,12-15,20H,11,16-17H2,1H3,(H,36,40)(H,35,37,39)/t20-,29+/m0/s1. The molecule has 2 aliphatic heterocycles. The quantitative estimate of drug-likeness (QED) is 0.349. The van der Waals surface area contributed by atoms with Gasteiger partial charge in [-0.3, -0.25) is 14.6 Å². The number of thioether (sulfide) groups is 1. The van der Waals surface area contributed by atoms with Gasteiger partial charge < -0.3 is 20.3 Å². The molecule has 1 fully saturated rings. The second-order valence-corrected chi connectivity index (χ2v) is 11.0. The van der Waals surface area contributed by atoms with E-state index in [9.17, 15) is 14.0 Å². The summed E-state index contributed by atoms with van der Waals surface area (Å²) in [5, 5.41) is 6.35. The number of halogens is 1. The Labute approximate surface area is 244 Å². The molecule has 212 valence electrons. The molecule has 0 spiro atoms. The molecule has 2 aliphatic rings. The van der Waals surface area contributed by atoms with Crippen molar-refractivity contribution in [1.82, 2.24) is 25.3 Å². The van der Waals surface area contributed by atoms with Crippen molar-refractivity contribution < 1.29 is 18.7 Å². The summed E-state index contributed by atoms with van der Waals surface area (Å²) in [5.74, 6) is -0.471. The number of methoxy groups -OCH3 is 1. The maximum absolute atomic E-state index is 13.6. The smallest absolute Gasteiger partial charge is 0.275 e. The van der Waals surface area contributed by atoms with Crippen molar-refractivity contribution in [2.45, 2.75) is 4.75 Å². The molecule has 4 aromatic rings. The number of carbonyl (C=O) groups is 2. The number of ether oxygens (including phenoxy) is 1. The van der Waals surface area contributed by atoms with E-state index in [1.54, 1.807) is 30.3 Å². The van der Waals surface area contributed by atoms with E-state index in [1.165, 1.54) is 31.3 Å². The summed E-state index contributed by atoms with van der Waals surface area (Å²) >= 11 is 1.45. The Morgan fingerprint density at radius 1 is 0.976 bits per heavy atom. The average Bonchev–Trinajstić information content (AvgIpc) is 3.42. The second-order valence-electron chi connectivity index (χ2n) is 9.72. The molecule has 11 nitrogen and oxygen atoms in total. The Bertz CT molecular complexity index is 1640. The van der Waals surface area contributed by atoms with Gasteiger partial charge >= 0.3 is 0 Å². The van der Waals surface area contributed by atoms with Gasteiger partial charge in [0.1, 0.15) is 5.69 Å². The van der Waals surface area contributed by atoms with Gasteiger partial charge in [0.15, 0.2) is 11.0 Å². The zero-order valence-electron chi connectivity index (χ0n) is 22.4. The van der Waals surface area contributed by atoms with Gasteiger partial charge in [-0.15, -0.1) is 0 Å². The van der Waals surface area contributed by atoms with Gasteiger partial charge in [0, 0.05) is 36.8 Å². The van der Waals surface area contributed by atoms with Gasteiger partial charge in [0.05, 0.1) is 36.6 Å². The van der Waals surface area contributed by atoms with Crippen molar-refractivity contribution in [3.63, 3.8) is 0 Å². The Kier molecular flexibility index (Phi) is 7.48. The van der Waals surface area contributed by atoms with Crippen molar-refractivity contribution in [2.24, 2.45) is 10.9 Å². The molecule has 0 aliphatic carbocycles. The van der Waals surface area contributed by atoms with E-state index in [0.29, 0.717) is 47.9 Å². The number of aliphatic imine (C=N–C) groups is 1. The van der Waals surface area contributed by atoms with Gasteiger partial charge in [-0.1, -0.05) is 42.1 Å². The van der Waals surface area contributed by atoms with Crippen molar-refractivity contribution in [3.8, 4) is 5.88 Å². The van der Waals surface area contributed by atoms with E-state index in [-0.39, 0.29) is 17.5 Å². The summed E-state index contributed by atoms with van der Waals surface area (Å²) in [6.07, 6.45) is 5.01. The zero-order valence-corrected chi connectivity index (χ0v) is 23.2. The minimum Gasteiger partial charge on any atom is -0.480 e. The number of hydrogen-bond acceptors (Lipinski definition) is 10. The number of anilines is 2. The summed E-state index contributed by atoms with van der Waals surface area (Å²) in [5.41, 5.74) is 2.15. The van der Waals surface area contributed by atoms with Crippen LogP contribution in [-0.2, 0) is 4.75 Å². The number of nitrogens with zero attached hydrogens (tertiary/aromatic N) is 6. The van der Waals surface area contributed by atoms with Crippen LogP contribution in [0.2, 0.25) is 0 Å². The average molecular weight is 585 g/mol. The first-order valence-corrected chi connectivity index (χ1v) is 13.9. The predicted molar refractivity (Wildman–Crippen MR) is 156 cm³/mol. The fraction of sp³-hybridized carbons (Fsp3) is 0.207. The molecule has 0 radical (unpaired) electrons. The van der Waals surface area contributed by atoms with Crippen LogP contribution >= 0.6 is 11.8 Å². The number of fused-ring (bicyclic) bond motifs is 1. The van der Waals surface area contributed by atoms with E-state index < -0.39 is 16.5 Å². The van der Waals surface area contributed by atoms with E-state index in [4.69, 9.17) is 9.73 Å². The summed E-state index contributed by atoms with van der Waals surface area (Å²) in [6, 6.07) is 16.5. The van der Waals surface area contributed by atoms with Crippen LogP contribution in [-0.4, -0.2) is 63.7 Å². The van der Waals surface area contributed by atoms with E-state index in [1.807, 2.05) is 29.2 Å². The van der Waals surface area contributed by atoms with E-state index in [0.717, 1.165) is 18.0 Å². The molecular weight excluding hydrogens is 559 g/mol. The van der Waals surface area contributed by atoms with E-state index >= 15 is 0 Å². The van der Waals surface area contributed by atoms with Crippen LogP contribution in [0.1, 0.15) is 26.4 Å². The van der Waals surface area contributed by atoms with Gasteiger partial charge in [-0.05, 0) is 29.8 Å². The van der Waals surface area contributed by atoms with Crippen LogP contribution in [0.5, 0.6) is 5.88 Å². The summed E-state index contributed by atoms with van der Waals surface area (Å²) in [7, 11) is 1.47. The number of aromatic nitrogens is 4. The lowest BCUT2D eigenvalue weighted by molar-refractivity contribution is 0.0976. The summed E-state index contributed by atoms with van der Waals surface area (Å²) in [4.78, 5) is 49.1. The minimum absolute atomic E-state index is 0.00642. The summed E-state index contributed by atoms with van der Waals surface area (Å²) < 4.78 is 18.0. The fourth-order valence-electron chi connectivity index (χ4n) is 5.03. The number of amides is 2. The molecule has 2 aromatic carbocycles. The van der Waals surface area contributed by atoms with Crippen molar-refractivity contribution in [1.29, 1.82) is 0 Å². The molecule has 13 heteroatoms. The molecule has 0 saturated carbocycles. The highest BCUT2D eigenvalue weighted by atomic mass is 32.2. The molecule has 2 amide bonds. The van der Waals surface area contributed by atoms with Gasteiger partial charge in [-0.2, -0.15) is 0 Å². The van der Waals surface area contributed by atoms with Crippen molar-refractivity contribution in [3.05, 3.63) is 102 Å². The highest BCUT2D eigenvalue weighted by Gasteiger charge is 2.52. The fourth-order valence-corrected chi connectivity index (χ4v) is 6.44. The SMILES string of the molecule is COc1cnc(C(=O)Nc2cccc([C@]34CN(c5ncc(F)cn5)C[C@@H]3CN=C(NC(=O)c3ccccc3)S4)c2)cn1. The Morgan fingerprint density at radius 2 is 1.79 bits per heavy atom. The van der Waals surface area contributed by atoms with Crippen LogP contribution in [0.25, 0.3) is 0 Å². The Balaban J connectivity index is 1.30. The molecule has 2 N–H and O–H groups in total. The van der Waals surface area contributed by atoms with Crippen LogP contribution in [0.4, 0.5) is 16.0 Å². The second kappa shape index (κ2) is 11.5. The molecule has 6 rings (SSSR count). The first-order chi connectivity index (χ1) is 20.4. The Morgan fingerprint density at radius 3 is 2.52 bits per heavy atom. The molecule has 42 heavy (non-hydrogen) atoms. The normalized spacial score (nSPS) is 19.4. The number of nitrogens with one attached hydrogen (secondary N) is 2. The first-order valence-electron chi connectivity index (χ1n) is 13.0. The lowest BCUT2D eigenvalue weighted by Gasteiger charge is -2.37. The topological polar surface area (TPSA) is 135 Å². The van der Waals surface area contributed by atoms with Crippen LogP contribution in [0.3, 0.4) is 0 Å². The number of carbonyl (C=O) groups excluding carboxylic acids is 2. The number of hydrogen-bond donors (Lipinski definition) is 2. The first kappa shape index (κ1) is 27.3. The molecule has 1 saturated heterocycles. The molecule has 0 unspecified atom stereocenters. The molecule has 0 bridgehead atoms. The van der Waals surface area contributed by atoms with Crippen LogP contribution in [0, 0.1) is 11.7 Å². The van der Waals surface area contributed by atoms with Gasteiger partial charge in [-0.25, -0.2) is 24.3 Å². The molecule has 4 heterocycles. The maximum atomic E-state index is 13.6. The lowest BCUT2D eigenvalue weighted by atomic mass is 9.87. The molecule has 2 atom stereocenters. The summed E-state index contributed by atoms with van der Waals surface area (Å²) in [6.45, 7) is 1.47. The highest BCUT2D eigenvalue weighted by molar-refractivity contribution is 8.14. The predicted octanol–water partition coefficient (Wildman–Crippen LogP) is 3.53. The number of rotatable bonds is 6. The zero-order chi connectivity index (χ0) is 29.1. The number of benzene rings is 2. The minimum atomic E-state index is -0.584. The maximum Gasteiger partial charge on any atom is 0.275 e. The van der Waals surface area contributed by atoms with Crippen molar-refractivity contribution in [2.75, 3.05) is 37.0 Å². The third-order valence-corrected chi connectivity index (χ3v) is 8.57. The third kappa shape index (κ3) is 5.50. The lowest BCUT2D eigenvalue weighted by Crippen LogP contribution is -2.42. The largest absolute Gasteiger partial charge is 0.480 e. The number of amidine groups is 1. The monoisotopic (exact) mass is 584 g/mol. The molecule has 2 aromatic heterocycles. The van der Waals surface area contributed by atoms with Crippen LogP contribution < -0.4 is 20.3 Å². The highest BCUT2D eigenvalue weighted by Crippen LogP contribution is 2.51. The molecular formula is C29H25FN8O3S. The van der Waals surface area contributed by atoms with Crippen LogP contribution in [0.15, 0.2) is 84.4 Å². The van der Waals surface area contributed by atoms with Gasteiger partial charge in [0.2, 0.25) is 11.8 Å². The van der Waals surface area contributed by atoms with Crippen molar-refractivity contribution >= 4 is 40.4 Å². The van der Waals surface area contributed by atoms with E-state index in [2.05, 4.69) is 30.6 Å². The third-order valence-electron chi connectivity index (χ3n) is 7.09.